The molecule has 0 aromatic carbocycles. The molecule has 0 unspecified atom stereocenters. The topological polar surface area (TPSA) is 24.5 Å². The van der Waals surface area contributed by atoms with Gasteiger partial charge in [-0.2, -0.15) is 0 Å². The first-order valence-electron chi connectivity index (χ1n) is 6.14. The Balaban J connectivity index is 1.52. The number of nitrogens with zero attached hydrogens (tertiary/aromatic N) is 1. The molecule has 1 fully saturated rings. The normalized spacial score (nSPS) is 23.1. The van der Waals surface area contributed by atoms with E-state index in [1.54, 1.807) is 0 Å². The Bertz CT molecular complexity index is 210. The van der Waals surface area contributed by atoms with Crippen LogP contribution in [0.25, 0.3) is 0 Å². The highest BCUT2D eigenvalue weighted by molar-refractivity contribution is 5.06. The van der Waals surface area contributed by atoms with E-state index in [9.17, 15) is 0 Å². The second kappa shape index (κ2) is 6.26. The maximum atomic E-state index is 5.39. The van der Waals surface area contributed by atoms with Gasteiger partial charge in [0.05, 0.1) is 13.2 Å². The molecule has 15 heavy (non-hydrogen) atoms. The van der Waals surface area contributed by atoms with Gasteiger partial charge in [-0.15, -0.1) is 0 Å². The van der Waals surface area contributed by atoms with Crippen molar-refractivity contribution in [1.29, 1.82) is 0 Å². The van der Waals surface area contributed by atoms with Crippen LogP contribution in [0.3, 0.4) is 0 Å². The van der Waals surface area contributed by atoms with Gasteiger partial charge in [-0.1, -0.05) is 6.08 Å². The van der Waals surface area contributed by atoms with Gasteiger partial charge >= 0.3 is 0 Å². The zero-order valence-corrected chi connectivity index (χ0v) is 9.50. The lowest BCUT2D eigenvalue weighted by molar-refractivity contribution is 0.148. The van der Waals surface area contributed by atoms with Gasteiger partial charge < -0.3 is 15.0 Å². The van der Waals surface area contributed by atoms with E-state index in [1.807, 2.05) is 0 Å². The third kappa shape index (κ3) is 3.93. The minimum Gasteiger partial charge on any atom is -0.377 e. The number of hydrogen-bond donors (Lipinski definition) is 1. The highest BCUT2D eigenvalue weighted by Crippen LogP contribution is 2.06. The summed E-state index contributed by atoms with van der Waals surface area (Å²) in [4.78, 5) is 2.54. The zero-order chi connectivity index (χ0) is 10.3. The summed E-state index contributed by atoms with van der Waals surface area (Å²) in [7, 11) is 0. The summed E-state index contributed by atoms with van der Waals surface area (Å²) < 4.78 is 5.39. The molecule has 0 saturated carbocycles. The summed E-state index contributed by atoms with van der Waals surface area (Å²) >= 11 is 0. The van der Waals surface area contributed by atoms with Gasteiger partial charge in [0.2, 0.25) is 0 Å². The third-order valence-electron chi connectivity index (χ3n) is 3.14. The van der Waals surface area contributed by atoms with Crippen molar-refractivity contribution in [2.24, 2.45) is 0 Å². The van der Waals surface area contributed by atoms with E-state index in [0.717, 1.165) is 32.7 Å². The Hall–Kier alpha value is -0.380. The Morgan fingerprint density at radius 2 is 2.20 bits per heavy atom. The van der Waals surface area contributed by atoms with Crippen LogP contribution in [0, 0.1) is 0 Å². The van der Waals surface area contributed by atoms with Crippen LogP contribution in [0.5, 0.6) is 0 Å². The van der Waals surface area contributed by atoms with Gasteiger partial charge in [0, 0.05) is 19.6 Å². The van der Waals surface area contributed by atoms with Crippen molar-refractivity contribution in [3.63, 3.8) is 0 Å². The van der Waals surface area contributed by atoms with Crippen LogP contribution in [-0.4, -0.2) is 50.8 Å². The second-order valence-electron chi connectivity index (χ2n) is 4.43. The molecule has 0 aliphatic carbocycles. The lowest BCUT2D eigenvalue weighted by Gasteiger charge is -2.17. The molecule has 86 valence electrons. The van der Waals surface area contributed by atoms with Gasteiger partial charge in [-0.05, 0) is 37.9 Å². The van der Waals surface area contributed by atoms with Gasteiger partial charge in [0.25, 0.3) is 0 Å². The molecule has 2 aliphatic heterocycles. The summed E-state index contributed by atoms with van der Waals surface area (Å²) in [6.07, 6.45) is 6.17. The average molecular weight is 210 g/mol. The first-order valence-corrected chi connectivity index (χ1v) is 6.14. The second-order valence-corrected chi connectivity index (χ2v) is 4.43. The molecule has 3 nitrogen and oxygen atoms in total. The standard InChI is InChI=1S/C12H22N2O/c1-2-7-14(6-1)8-5-13-10-12-4-3-9-15-11-12/h4,13H,1-3,5-11H2. The lowest BCUT2D eigenvalue weighted by atomic mass is 10.2. The van der Waals surface area contributed by atoms with Gasteiger partial charge in [-0.25, -0.2) is 0 Å². The Morgan fingerprint density at radius 3 is 2.93 bits per heavy atom. The molecule has 3 heteroatoms. The first kappa shape index (κ1) is 11.1. The molecule has 0 aromatic rings. The Morgan fingerprint density at radius 1 is 1.33 bits per heavy atom. The molecule has 0 aromatic heterocycles. The number of nitrogens with one attached hydrogen (secondary N) is 1. The van der Waals surface area contributed by atoms with Crippen LogP contribution < -0.4 is 5.32 Å². The van der Waals surface area contributed by atoms with Crippen LogP contribution in [0.1, 0.15) is 19.3 Å². The molecule has 0 amide bonds. The van der Waals surface area contributed by atoms with Crippen molar-refractivity contribution in [2.75, 3.05) is 45.9 Å². The predicted molar refractivity (Wildman–Crippen MR) is 62.1 cm³/mol. The lowest BCUT2D eigenvalue weighted by Crippen LogP contribution is -2.31. The summed E-state index contributed by atoms with van der Waals surface area (Å²) in [6, 6.07) is 0. The molecule has 2 heterocycles. The monoisotopic (exact) mass is 210 g/mol. The fraction of sp³-hybridized carbons (Fsp3) is 0.833. The molecular formula is C12H22N2O. The molecule has 1 N–H and O–H groups in total. The van der Waals surface area contributed by atoms with Crippen molar-refractivity contribution in [1.82, 2.24) is 10.2 Å². The summed E-state index contributed by atoms with van der Waals surface area (Å²) in [5, 5.41) is 3.49. The third-order valence-corrected chi connectivity index (χ3v) is 3.14. The van der Waals surface area contributed by atoms with E-state index in [-0.39, 0.29) is 0 Å². The molecular weight excluding hydrogens is 188 g/mol. The Kier molecular flexibility index (Phi) is 4.64. The quantitative estimate of drug-likeness (QED) is 0.541. The number of hydrogen-bond acceptors (Lipinski definition) is 3. The Labute approximate surface area is 92.5 Å². The van der Waals surface area contributed by atoms with Crippen molar-refractivity contribution < 1.29 is 4.74 Å². The first-order chi connectivity index (χ1) is 7.45. The van der Waals surface area contributed by atoms with Crippen LogP contribution in [0.15, 0.2) is 11.6 Å². The molecule has 2 aliphatic rings. The number of likely N-dealkylation sites (tertiary alicyclic amines) is 1. The van der Waals surface area contributed by atoms with Crippen molar-refractivity contribution in [3.05, 3.63) is 11.6 Å². The van der Waals surface area contributed by atoms with Gasteiger partial charge in [0.15, 0.2) is 0 Å². The van der Waals surface area contributed by atoms with E-state index in [0.29, 0.717) is 0 Å². The number of ether oxygens (including phenoxy) is 1. The average Bonchev–Trinajstić information content (AvgIpc) is 2.79. The smallest absolute Gasteiger partial charge is 0.0689 e. The molecule has 2 rings (SSSR count). The van der Waals surface area contributed by atoms with Crippen molar-refractivity contribution in [2.45, 2.75) is 19.3 Å². The molecule has 0 bridgehead atoms. The minimum absolute atomic E-state index is 0.830. The van der Waals surface area contributed by atoms with Crippen LogP contribution in [0.2, 0.25) is 0 Å². The zero-order valence-electron chi connectivity index (χ0n) is 9.50. The summed E-state index contributed by atoms with van der Waals surface area (Å²) in [6.45, 7) is 7.65. The van der Waals surface area contributed by atoms with Crippen LogP contribution in [-0.2, 0) is 4.74 Å². The van der Waals surface area contributed by atoms with E-state index in [2.05, 4.69) is 16.3 Å². The van der Waals surface area contributed by atoms with E-state index >= 15 is 0 Å². The highest BCUT2D eigenvalue weighted by atomic mass is 16.5. The number of rotatable bonds is 5. The maximum absolute atomic E-state index is 5.39. The van der Waals surface area contributed by atoms with E-state index in [1.165, 1.54) is 38.0 Å². The van der Waals surface area contributed by atoms with Crippen LogP contribution in [0.4, 0.5) is 0 Å². The fourth-order valence-corrected chi connectivity index (χ4v) is 2.22. The van der Waals surface area contributed by atoms with Crippen LogP contribution >= 0.6 is 0 Å². The minimum atomic E-state index is 0.830. The molecule has 0 atom stereocenters. The van der Waals surface area contributed by atoms with Gasteiger partial charge in [-0.3, -0.25) is 0 Å². The SMILES string of the molecule is C1=C(CNCCN2CCCC2)COCC1. The molecule has 0 spiro atoms. The van der Waals surface area contributed by atoms with Gasteiger partial charge in [0.1, 0.15) is 0 Å². The predicted octanol–water partition coefficient (Wildman–Crippen LogP) is 1.02. The highest BCUT2D eigenvalue weighted by Gasteiger charge is 2.10. The van der Waals surface area contributed by atoms with E-state index < -0.39 is 0 Å². The maximum Gasteiger partial charge on any atom is 0.0689 e. The largest absolute Gasteiger partial charge is 0.377 e. The summed E-state index contributed by atoms with van der Waals surface area (Å²) in [5.41, 5.74) is 1.42. The summed E-state index contributed by atoms with van der Waals surface area (Å²) in [5.74, 6) is 0. The molecule has 0 radical (unpaired) electrons. The van der Waals surface area contributed by atoms with Crippen molar-refractivity contribution >= 4 is 0 Å². The van der Waals surface area contributed by atoms with E-state index in [4.69, 9.17) is 4.74 Å². The van der Waals surface area contributed by atoms with Crippen molar-refractivity contribution in [3.8, 4) is 0 Å². The fourth-order valence-electron chi connectivity index (χ4n) is 2.22. The molecule has 1 saturated heterocycles.